The monoisotopic (exact) mass is 303 g/mol. The van der Waals surface area contributed by atoms with Gasteiger partial charge in [-0.05, 0) is 38.4 Å². The number of imide groups is 1. The molecular formula is C12H15Cl2N3O2. The lowest BCUT2D eigenvalue weighted by atomic mass is 10.2. The molecule has 1 aromatic carbocycles. The van der Waals surface area contributed by atoms with E-state index >= 15 is 0 Å². The van der Waals surface area contributed by atoms with Crippen LogP contribution in [-0.4, -0.2) is 43.5 Å². The highest BCUT2D eigenvalue weighted by molar-refractivity contribution is 6.30. The molecule has 1 fully saturated rings. The number of likely N-dealkylation sites (N-methyl/N-ethyl adjacent to an activating group) is 1. The first-order valence-electron chi connectivity index (χ1n) is 5.54. The molecule has 1 N–H and O–H groups in total. The van der Waals surface area contributed by atoms with Crippen LogP contribution in [0.15, 0.2) is 24.3 Å². The summed E-state index contributed by atoms with van der Waals surface area (Å²) in [5.41, 5.74) is 0.531. The minimum atomic E-state index is -0.497. The Hall–Kier alpha value is -1.30. The molecule has 3 amide bonds. The number of rotatable bonds is 3. The van der Waals surface area contributed by atoms with E-state index in [0.29, 0.717) is 17.3 Å². The average molecular weight is 304 g/mol. The van der Waals surface area contributed by atoms with Crippen molar-refractivity contribution in [3.05, 3.63) is 29.3 Å². The third-order valence-electron chi connectivity index (χ3n) is 2.65. The Kier molecular flexibility index (Phi) is 5.17. The molecule has 1 aliphatic rings. The van der Waals surface area contributed by atoms with E-state index in [9.17, 15) is 9.59 Å². The number of amides is 3. The predicted octanol–water partition coefficient (Wildman–Crippen LogP) is 1.75. The van der Waals surface area contributed by atoms with Gasteiger partial charge in [0.2, 0.25) is 0 Å². The quantitative estimate of drug-likeness (QED) is 0.866. The summed E-state index contributed by atoms with van der Waals surface area (Å²) in [4.78, 5) is 26.9. The molecule has 0 saturated carbocycles. The summed E-state index contributed by atoms with van der Waals surface area (Å²) < 4.78 is 0. The van der Waals surface area contributed by atoms with E-state index in [2.05, 4.69) is 5.32 Å². The smallest absolute Gasteiger partial charge is 0.324 e. The molecule has 1 heterocycles. The second kappa shape index (κ2) is 6.23. The molecule has 5 nitrogen and oxygen atoms in total. The average Bonchev–Trinajstić information content (AvgIpc) is 2.55. The molecule has 7 heteroatoms. The molecule has 1 aromatic rings. The third-order valence-corrected chi connectivity index (χ3v) is 2.90. The van der Waals surface area contributed by atoms with Crippen LogP contribution in [0.5, 0.6) is 0 Å². The molecule has 0 aliphatic carbocycles. The van der Waals surface area contributed by atoms with Crippen LogP contribution in [0.3, 0.4) is 0 Å². The fourth-order valence-electron chi connectivity index (χ4n) is 1.85. The predicted molar refractivity (Wildman–Crippen MR) is 77.1 cm³/mol. The Labute approximate surface area is 122 Å². The van der Waals surface area contributed by atoms with Gasteiger partial charge in [0, 0.05) is 11.6 Å². The van der Waals surface area contributed by atoms with Gasteiger partial charge < -0.3 is 10.2 Å². The van der Waals surface area contributed by atoms with Crippen LogP contribution >= 0.6 is 24.0 Å². The molecule has 1 atom stereocenters. The van der Waals surface area contributed by atoms with Crippen molar-refractivity contribution in [2.75, 3.05) is 25.5 Å². The second-order valence-electron chi connectivity index (χ2n) is 4.41. The molecule has 104 valence electrons. The lowest BCUT2D eigenvalue weighted by Crippen LogP contribution is -2.39. The molecule has 1 aliphatic heterocycles. The Morgan fingerprint density at radius 3 is 2.37 bits per heavy atom. The molecule has 0 aromatic heterocycles. The zero-order valence-corrected chi connectivity index (χ0v) is 12.2. The van der Waals surface area contributed by atoms with E-state index < -0.39 is 12.1 Å². The standard InChI is InChI=1S/C12H14ClN3O2.ClH/c1-15(2)7-10-11(17)16(12(18)14-10)9-5-3-8(13)4-6-9;/h3-6,10H,7H2,1-2H3,(H,14,18);1H. The minimum absolute atomic E-state index is 0. The molecule has 0 spiro atoms. The Balaban J connectivity index is 0.00000180. The summed E-state index contributed by atoms with van der Waals surface area (Å²) in [5.74, 6) is -0.240. The molecule has 1 unspecified atom stereocenters. The lowest BCUT2D eigenvalue weighted by Gasteiger charge is -2.15. The molecular weight excluding hydrogens is 289 g/mol. The lowest BCUT2D eigenvalue weighted by molar-refractivity contribution is -0.118. The van der Waals surface area contributed by atoms with Crippen LogP contribution in [-0.2, 0) is 4.79 Å². The van der Waals surface area contributed by atoms with Crippen molar-refractivity contribution in [1.82, 2.24) is 10.2 Å². The number of urea groups is 1. The first-order valence-corrected chi connectivity index (χ1v) is 5.91. The van der Waals surface area contributed by atoms with Crippen molar-refractivity contribution in [2.45, 2.75) is 6.04 Å². The van der Waals surface area contributed by atoms with Crippen LogP contribution in [0, 0.1) is 0 Å². The number of carbonyl (C=O) groups is 2. The van der Waals surface area contributed by atoms with Crippen molar-refractivity contribution >= 4 is 41.6 Å². The molecule has 0 bridgehead atoms. The number of hydrogen-bond acceptors (Lipinski definition) is 3. The van der Waals surface area contributed by atoms with Crippen molar-refractivity contribution in [2.24, 2.45) is 0 Å². The Morgan fingerprint density at radius 2 is 1.84 bits per heavy atom. The van der Waals surface area contributed by atoms with E-state index in [1.165, 1.54) is 0 Å². The molecule has 2 rings (SSSR count). The van der Waals surface area contributed by atoms with Crippen molar-refractivity contribution in [3.63, 3.8) is 0 Å². The van der Waals surface area contributed by atoms with Crippen LogP contribution in [0.25, 0.3) is 0 Å². The van der Waals surface area contributed by atoms with Gasteiger partial charge in [-0.2, -0.15) is 0 Å². The molecule has 19 heavy (non-hydrogen) atoms. The normalized spacial score (nSPS) is 18.5. The number of hydrogen-bond donors (Lipinski definition) is 1. The van der Waals surface area contributed by atoms with E-state index in [1.807, 2.05) is 19.0 Å². The topological polar surface area (TPSA) is 52.7 Å². The van der Waals surface area contributed by atoms with Crippen LogP contribution in [0.4, 0.5) is 10.5 Å². The van der Waals surface area contributed by atoms with Gasteiger partial charge in [-0.15, -0.1) is 12.4 Å². The van der Waals surface area contributed by atoms with E-state index in [1.54, 1.807) is 24.3 Å². The van der Waals surface area contributed by atoms with Crippen LogP contribution in [0.2, 0.25) is 5.02 Å². The van der Waals surface area contributed by atoms with E-state index in [4.69, 9.17) is 11.6 Å². The number of nitrogens with one attached hydrogen (secondary N) is 1. The maximum absolute atomic E-state index is 12.1. The highest BCUT2D eigenvalue weighted by Crippen LogP contribution is 2.21. The Morgan fingerprint density at radius 1 is 1.26 bits per heavy atom. The van der Waals surface area contributed by atoms with Gasteiger partial charge in [0.15, 0.2) is 0 Å². The summed E-state index contributed by atoms with van der Waals surface area (Å²) in [6.45, 7) is 0.481. The highest BCUT2D eigenvalue weighted by Gasteiger charge is 2.38. The summed E-state index contributed by atoms with van der Waals surface area (Å²) in [6, 6.07) is 5.71. The fraction of sp³-hybridized carbons (Fsp3) is 0.333. The van der Waals surface area contributed by atoms with Gasteiger partial charge in [-0.25, -0.2) is 9.69 Å². The van der Waals surface area contributed by atoms with Crippen LogP contribution in [0.1, 0.15) is 0 Å². The first-order chi connectivity index (χ1) is 8.49. The summed E-state index contributed by atoms with van der Waals surface area (Å²) in [7, 11) is 3.70. The van der Waals surface area contributed by atoms with Crippen molar-refractivity contribution in [1.29, 1.82) is 0 Å². The summed E-state index contributed by atoms with van der Waals surface area (Å²) in [6.07, 6.45) is 0. The van der Waals surface area contributed by atoms with Crippen molar-refractivity contribution < 1.29 is 9.59 Å². The van der Waals surface area contributed by atoms with Gasteiger partial charge in [-0.3, -0.25) is 4.79 Å². The van der Waals surface area contributed by atoms with E-state index in [0.717, 1.165) is 4.90 Å². The number of benzene rings is 1. The summed E-state index contributed by atoms with van der Waals surface area (Å²) in [5, 5.41) is 3.23. The van der Waals surface area contributed by atoms with Gasteiger partial charge in [0.25, 0.3) is 5.91 Å². The number of carbonyl (C=O) groups excluding carboxylic acids is 2. The van der Waals surface area contributed by atoms with Crippen LogP contribution < -0.4 is 10.2 Å². The van der Waals surface area contributed by atoms with Gasteiger partial charge in [0.05, 0.1) is 5.69 Å². The number of anilines is 1. The molecule has 0 radical (unpaired) electrons. The Bertz CT molecular complexity index is 476. The maximum Gasteiger partial charge on any atom is 0.329 e. The first kappa shape index (κ1) is 15.8. The van der Waals surface area contributed by atoms with Crippen molar-refractivity contribution in [3.8, 4) is 0 Å². The zero-order chi connectivity index (χ0) is 13.3. The summed E-state index contributed by atoms with van der Waals surface area (Å²) >= 11 is 5.78. The third kappa shape index (κ3) is 3.37. The van der Waals surface area contributed by atoms with E-state index in [-0.39, 0.29) is 18.3 Å². The highest BCUT2D eigenvalue weighted by atomic mass is 35.5. The van der Waals surface area contributed by atoms with Gasteiger partial charge in [-0.1, -0.05) is 11.6 Å². The second-order valence-corrected chi connectivity index (χ2v) is 4.85. The molecule has 1 saturated heterocycles. The fourth-order valence-corrected chi connectivity index (χ4v) is 1.98. The minimum Gasteiger partial charge on any atom is -0.324 e. The number of halogens is 2. The SMILES string of the molecule is CN(C)CC1NC(=O)N(c2ccc(Cl)cc2)C1=O.Cl. The van der Waals surface area contributed by atoms with Gasteiger partial charge >= 0.3 is 6.03 Å². The largest absolute Gasteiger partial charge is 0.329 e. The number of nitrogens with zero attached hydrogens (tertiary/aromatic N) is 2. The zero-order valence-electron chi connectivity index (χ0n) is 10.6. The maximum atomic E-state index is 12.1. The van der Waals surface area contributed by atoms with Gasteiger partial charge in [0.1, 0.15) is 6.04 Å².